The van der Waals surface area contributed by atoms with E-state index in [4.69, 9.17) is 4.74 Å². The molecule has 1 saturated carbocycles. The Labute approximate surface area is 175 Å². The van der Waals surface area contributed by atoms with Gasteiger partial charge in [0.2, 0.25) is 10.0 Å². The van der Waals surface area contributed by atoms with Crippen LogP contribution in [0.5, 0.6) is 0 Å². The minimum Gasteiger partial charge on any atom is -0.379 e. The van der Waals surface area contributed by atoms with Crippen LogP contribution in [0, 0.1) is 0 Å². The summed E-state index contributed by atoms with van der Waals surface area (Å²) < 4.78 is 31.9. The molecule has 2 N–H and O–H groups in total. The summed E-state index contributed by atoms with van der Waals surface area (Å²) in [6.45, 7) is 1.37. The van der Waals surface area contributed by atoms with Crippen molar-refractivity contribution < 1.29 is 22.7 Å². The quantitative estimate of drug-likeness (QED) is 0.729. The Balaban J connectivity index is 1.43. The van der Waals surface area contributed by atoms with Crippen LogP contribution in [0.3, 0.4) is 0 Å². The van der Waals surface area contributed by atoms with Crippen LogP contribution >= 0.6 is 0 Å². The number of hydrogen-bond donors (Lipinski definition) is 2. The third-order valence-electron chi connectivity index (χ3n) is 5.02. The van der Waals surface area contributed by atoms with Crippen molar-refractivity contribution in [3.63, 3.8) is 0 Å². The Hall–Kier alpha value is -2.75. The van der Waals surface area contributed by atoms with Crippen molar-refractivity contribution in [3.05, 3.63) is 59.7 Å². The van der Waals surface area contributed by atoms with Crippen LogP contribution in [0.4, 0.5) is 5.69 Å². The van der Waals surface area contributed by atoms with E-state index in [2.05, 4.69) is 10.6 Å². The molecular weight excluding hydrogens is 406 g/mol. The second kappa shape index (κ2) is 8.55. The van der Waals surface area contributed by atoms with Crippen molar-refractivity contribution in [3.8, 4) is 0 Å². The van der Waals surface area contributed by atoms with E-state index >= 15 is 0 Å². The molecule has 0 spiro atoms. The number of carbonyl (C=O) groups excluding carboxylic acids is 2. The lowest BCUT2D eigenvalue weighted by Gasteiger charge is -2.26. The zero-order valence-electron chi connectivity index (χ0n) is 16.3. The maximum atomic E-state index is 12.7. The fourth-order valence-corrected chi connectivity index (χ4v) is 4.56. The smallest absolute Gasteiger partial charge is 0.255 e. The first-order valence-corrected chi connectivity index (χ1v) is 11.3. The summed E-state index contributed by atoms with van der Waals surface area (Å²) >= 11 is 0. The van der Waals surface area contributed by atoms with E-state index in [0.29, 0.717) is 43.1 Å². The van der Waals surface area contributed by atoms with E-state index < -0.39 is 10.0 Å². The summed E-state index contributed by atoms with van der Waals surface area (Å²) in [7, 11) is -3.61. The molecule has 2 aromatic rings. The molecule has 0 radical (unpaired) electrons. The summed E-state index contributed by atoms with van der Waals surface area (Å²) in [4.78, 5) is 24.9. The van der Waals surface area contributed by atoms with Gasteiger partial charge in [-0.3, -0.25) is 9.59 Å². The third kappa shape index (κ3) is 4.69. The first-order valence-electron chi connectivity index (χ1n) is 9.84. The highest BCUT2D eigenvalue weighted by molar-refractivity contribution is 7.89. The molecule has 0 unspecified atom stereocenters. The monoisotopic (exact) mass is 429 g/mol. The fourth-order valence-electron chi connectivity index (χ4n) is 3.15. The number of nitrogens with one attached hydrogen (secondary N) is 2. The number of carbonyl (C=O) groups is 2. The molecule has 8 nitrogen and oxygen atoms in total. The number of anilines is 1. The van der Waals surface area contributed by atoms with Gasteiger partial charge in [-0.2, -0.15) is 4.31 Å². The summed E-state index contributed by atoms with van der Waals surface area (Å²) in [6.07, 6.45) is 2.00. The third-order valence-corrected chi connectivity index (χ3v) is 6.93. The molecule has 0 bridgehead atoms. The summed E-state index contributed by atoms with van der Waals surface area (Å²) in [5.74, 6) is -0.545. The minimum atomic E-state index is -3.61. The van der Waals surface area contributed by atoms with Crippen molar-refractivity contribution in [2.24, 2.45) is 0 Å². The molecule has 2 amide bonds. The van der Waals surface area contributed by atoms with E-state index in [0.717, 1.165) is 12.8 Å². The highest BCUT2D eigenvalue weighted by Gasteiger charge is 2.26. The normalized spacial score (nSPS) is 17.3. The number of hydrogen-bond acceptors (Lipinski definition) is 5. The Bertz CT molecular complexity index is 1040. The molecule has 158 valence electrons. The van der Waals surface area contributed by atoms with Crippen LogP contribution < -0.4 is 10.6 Å². The second-order valence-electron chi connectivity index (χ2n) is 7.32. The number of morpholine rings is 1. The van der Waals surface area contributed by atoms with E-state index in [1.165, 1.54) is 28.6 Å². The van der Waals surface area contributed by atoms with Crippen LogP contribution in [0.2, 0.25) is 0 Å². The largest absolute Gasteiger partial charge is 0.379 e. The van der Waals surface area contributed by atoms with Crippen LogP contribution in [0.15, 0.2) is 53.4 Å². The van der Waals surface area contributed by atoms with Crippen molar-refractivity contribution in [1.82, 2.24) is 9.62 Å². The Morgan fingerprint density at radius 1 is 0.933 bits per heavy atom. The first-order chi connectivity index (χ1) is 14.4. The Morgan fingerprint density at radius 2 is 1.63 bits per heavy atom. The molecule has 2 fully saturated rings. The SMILES string of the molecule is O=C(Nc1cccc(C(=O)NC2CC2)c1)c1ccc(S(=O)(=O)N2CCOCC2)cc1. The summed E-state index contributed by atoms with van der Waals surface area (Å²) in [5, 5.41) is 5.66. The van der Waals surface area contributed by atoms with Crippen LogP contribution in [0.1, 0.15) is 33.6 Å². The summed E-state index contributed by atoms with van der Waals surface area (Å²) in [5.41, 5.74) is 1.30. The zero-order chi connectivity index (χ0) is 21.1. The summed E-state index contributed by atoms with van der Waals surface area (Å²) in [6, 6.07) is 12.8. The number of nitrogens with zero attached hydrogens (tertiary/aromatic N) is 1. The van der Waals surface area contributed by atoms with Gasteiger partial charge in [-0.05, 0) is 55.3 Å². The maximum Gasteiger partial charge on any atom is 0.255 e. The van der Waals surface area contributed by atoms with Gasteiger partial charge in [0.25, 0.3) is 11.8 Å². The molecule has 0 aromatic heterocycles. The molecule has 1 saturated heterocycles. The number of rotatable bonds is 6. The van der Waals surface area contributed by atoms with Gasteiger partial charge in [0.05, 0.1) is 18.1 Å². The molecule has 1 aliphatic carbocycles. The van der Waals surface area contributed by atoms with Crippen molar-refractivity contribution >= 4 is 27.5 Å². The second-order valence-corrected chi connectivity index (χ2v) is 9.26. The molecule has 1 heterocycles. The van der Waals surface area contributed by atoms with Gasteiger partial charge in [0.1, 0.15) is 0 Å². The van der Waals surface area contributed by atoms with Gasteiger partial charge in [0, 0.05) is 35.9 Å². The van der Waals surface area contributed by atoms with Crippen molar-refractivity contribution in [2.45, 2.75) is 23.8 Å². The van der Waals surface area contributed by atoms with Crippen molar-refractivity contribution in [1.29, 1.82) is 0 Å². The maximum absolute atomic E-state index is 12.7. The highest BCUT2D eigenvalue weighted by atomic mass is 32.2. The van der Waals surface area contributed by atoms with Gasteiger partial charge in [0.15, 0.2) is 0 Å². The van der Waals surface area contributed by atoms with Gasteiger partial charge >= 0.3 is 0 Å². The van der Waals surface area contributed by atoms with Gasteiger partial charge < -0.3 is 15.4 Å². The molecule has 2 aromatic carbocycles. The molecule has 30 heavy (non-hydrogen) atoms. The number of ether oxygens (including phenoxy) is 1. The lowest BCUT2D eigenvalue weighted by atomic mass is 10.1. The fraction of sp³-hybridized carbons (Fsp3) is 0.333. The zero-order valence-corrected chi connectivity index (χ0v) is 17.2. The molecule has 4 rings (SSSR count). The number of sulfonamides is 1. The molecular formula is C21H23N3O5S. The topological polar surface area (TPSA) is 105 Å². The average molecular weight is 429 g/mol. The molecule has 9 heteroatoms. The van der Waals surface area contributed by atoms with Gasteiger partial charge in [-0.25, -0.2) is 8.42 Å². The average Bonchev–Trinajstić information content (AvgIpc) is 3.58. The number of benzene rings is 2. The van der Waals surface area contributed by atoms with Gasteiger partial charge in [-0.15, -0.1) is 0 Å². The standard InChI is InChI=1S/C21H23N3O5S/c25-20(23-18-3-1-2-16(14-18)21(26)22-17-6-7-17)15-4-8-19(9-5-15)30(27,28)24-10-12-29-13-11-24/h1-5,8-9,14,17H,6-7,10-13H2,(H,22,26)(H,23,25). The Kier molecular flexibility index (Phi) is 5.85. The predicted octanol–water partition coefficient (Wildman–Crippen LogP) is 1.85. The number of amides is 2. The molecule has 2 aliphatic rings. The predicted molar refractivity (Wildman–Crippen MR) is 111 cm³/mol. The van der Waals surface area contributed by atoms with E-state index in [9.17, 15) is 18.0 Å². The lowest BCUT2D eigenvalue weighted by Crippen LogP contribution is -2.40. The minimum absolute atomic E-state index is 0.139. The van der Waals surface area contributed by atoms with Crippen LogP contribution in [-0.4, -0.2) is 56.9 Å². The lowest BCUT2D eigenvalue weighted by molar-refractivity contribution is 0.0730. The van der Waals surface area contributed by atoms with Crippen molar-refractivity contribution in [2.75, 3.05) is 31.6 Å². The molecule has 0 atom stereocenters. The van der Waals surface area contributed by atoms with E-state index in [1.54, 1.807) is 24.3 Å². The Morgan fingerprint density at radius 3 is 2.30 bits per heavy atom. The van der Waals surface area contributed by atoms with Crippen LogP contribution in [0.25, 0.3) is 0 Å². The van der Waals surface area contributed by atoms with E-state index in [-0.39, 0.29) is 22.8 Å². The van der Waals surface area contributed by atoms with Gasteiger partial charge in [-0.1, -0.05) is 6.07 Å². The van der Waals surface area contributed by atoms with Crippen LogP contribution in [-0.2, 0) is 14.8 Å². The highest BCUT2D eigenvalue weighted by Crippen LogP contribution is 2.21. The molecule has 1 aliphatic heterocycles. The van der Waals surface area contributed by atoms with E-state index in [1.807, 2.05) is 0 Å². The first kappa shape index (κ1) is 20.5.